The first-order valence-corrected chi connectivity index (χ1v) is 5.62. The fraction of sp³-hybridized carbons (Fsp3) is 0.364. The fourth-order valence-corrected chi connectivity index (χ4v) is 3.02. The van der Waals surface area contributed by atoms with E-state index in [2.05, 4.69) is 0 Å². The number of carboxylic acids is 1. The zero-order valence-electron chi connectivity index (χ0n) is 8.40. The second-order valence-corrected chi connectivity index (χ2v) is 4.86. The molecule has 0 fully saturated rings. The Labute approximate surface area is 92.4 Å². The number of benzene rings is 1. The lowest BCUT2D eigenvalue weighted by Gasteiger charge is -2.02. The number of thioether (sulfide) groups is 1. The third-order valence-electron chi connectivity index (χ3n) is 2.41. The third-order valence-corrected chi connectivity index (χ3v) is 3.73. The molecule has 0 aromatic heterocycles. The van der Waals surface area contributed by atoms with Crippen LogP contribution in [0.25, 0.3) is 0 Å². The van der Waals surface area contributed by atoms with Crippen LogP contribution in [0, 0.1) is 0 Å². The van der Waals surface area contributed by atoms with Gasteiger partial charge in [0.15, 0.2) is 0 Å². The standard InChI is InChI=1S/C11H12O3S/c1-14-8-2-3-10-7(4-8)5-9(15-10)6-11(12)13/h2-4,9H,5-6H2,1H3,(H,12,13). The molecule has 0 saturated heterocycles. The molecular weight excluding hydrogens is 212 g/mol. The van der Waals surface area contributed by atoms with Gasteiger partial charge in [0.2, 0.25) is 0 Å². The SMILES string of the molecule is COc1ccc2c(c1)CC(CC(=O)O)S2. The highest BCUT2D eigenvalue weighted by molar-refractivity contribution is 8.00. The molecule has 1 atom stereocenters. The summed E-state index contributed by atoms with van der Waals surface area (Å²) in [4.78, 5) is 11.8. The lowest BCUT2D eigenvalue weighted by Crippen LogP contribution is -2.08. The molecule has 1 N–H and O–H groups in total. The molecule has 0 bridgehead atoms. The number of hydrogen-bond donors (Lipinski definition) is 1. The minimum atomic E-state index is -0.729. The van der Waals surface area contributed by atoms with Gasteiger partial charge in [-0.1, -0.05) is 0 Å². The molecule has 0 amide bonds. The average molecular weight is 224 g/mol. The van der Waals surface area contributed by atoms with E-state index in [1.165, 1.54) is 10.5 Å². The van der Waals surface area contributed by atoms with Crippen molar-refractivity contribution >= 4 is 17.7 Å². The Morgan fingerprint density at radius 1 is 1.67 bits per heavy atom. The van der Waals surface area contributed by atoms with E-state index in [-0.39, 0.29) is 11.7 Å². The van der Waals surface area contributed by atoms with Crippen molar-refractivity contribution in [2.45, 2.75) is 23.0 Å². The predicted octanol–water partition coefficient (Wildman–Crippen LogP) is 2.19. The van der Waals surface area contributed by atoms with Crippen LogP contribution in [0.2, 0.25) is 0 Å². The van der Waals surface area contributed by atoms with Gasteiger partial charge in [-0.25, -0.2) is 0 Å². The van der Waals surface area contributed by atoms with Crippen LogP contribution in [0.4, 0.5) is 0 Å². The van der Waals surface area contributed by atoms with Crippen molar-refractivity contribution in [2.24, 2.45) is 0 Å². The van der Waals surface area contributed by atoms with Gasteiger partial charge in [0.05, 0.1) is 13.5 Å². The van der Waals surface area contributed by atoms with Crippen LogP contribution in [0.5, 0.6) is 5.75 Å². The highest BCUT2D eigenvalue weighted by Gasteiger charge is 2.24. The van der Waals surface area contributed by atoms with Crippen molar-refractivity contribution in [3.63, 3.8) is 0 Å². The fourth-order valence-electron chi connectivity index (χ4n) is 1.73. The zero-order chi connectivity index (χ0) is 10.8. The van der Waals surface area contributed by atoms with Crippen molar-refractivity contribution in [3.8, 4) is 5.75 Å². The van der Waals surface area contributed by atoms with Crippen LogP contribution < -0.4 is 4.74 Å². The second kappa shape index (κ2) is 4.14. The molecule has 1 heterocycles. The van der Waals surface area contributed by atoms with E-state index in [0.29, 0.717) is 0 Å². The number of ether oxygens (including phenoxy) is 1. The van der Waals surface area contributed by atoms with Gasteiger partial charge < -0.3 is 9.84 Å². The number of methoxy groups -OCH3 is 1. The van der Waals surface area contributed by atoms with E-state index < -0.39 is 5.97 Å². The van der Waals surface area contributed by atoms with Crippen LogP contribution in [0.3, 0.4) is 0 Å². The van der Waals surface area contributed by atoms with Gasteiger partial charge in [0, 0.05) is 10.1 Å². The number of carbonyl (C=O) groups is 1. The molecular formula is C11H12O3S. The van der Waals surface area contributed by atoms with Crippen LogP contribution in [-0.4, -0.2) is 23.4 Å². The maximum atomic E-state index is 10.6. The van der Waals surface area contributed by atoms with Gasteiger partial charge in [-0.15, -0.1) is 11.8 Å². The summed E-state index contributed by atoms with van der Waals surface area (Å²) in [5, 5.41) is 8.89. The molecule has 4 heteroatoms. The molecule has 15 heavy (non-hydrogen) atoms. The summed E-state index contributed by atoms with van der Waals surface area (Å²) in [6, 6.07) is 5.90. The highest BCUT2D eigenvalue weighted by atomic mass is 32.2. The Morgan fingerprint density at radius 3 is 3.13 bits per heavy atom. The Morgan fingerprint density at radius 2 is 2.47 bits per heavy atom. The van der Waals surface area contributed by atoms with Crippen molar-refractivity contribution in [2.75, 3.05) is 7.11 Å². The molecule has 1 aliphatic heterocycles. The first-order chi connectivity index (χ1) is 7.19. The number of fused-ring (bicyclic) bond motifs is 1. The molecule has 3 nitrogen and oxygen atoms in total. The molecule has 2 rings (SSSR count). The molecule has 1 aromatic carbocycles. The maximum Gasteiger partial charge on any atom is 0.304 e. The summed E-state index contributed by atoms with van der Waals surface area (Å²) in [6.07, 6.45) is 1.05. The van der Waals surface area contributed by atoms with Gasteiger partial charge in [-0.05, 0) is 30.2 Å². The predicted molar refractivity (Wildman–Crippen MR) is 58.6 cm³/mol. The molecule has 0 spiro atoms. The van der Waals surface area contributed by atoms with Crippen molar-refractivity contribution < 1.29 is 14.6 Å². The van der Waals surface area contributed by atoms with Crippen molar-refractivity contribution in [1.82, 2.24) is 0 Å². The molecule has 1 aromatic rings. The Kier molecular flexibility index (Phi) is 2.86. The van der Waals surface area contributed by atoms with Gasteiger partial charge in [-0.3, -0.25) is 4.79 Å². The Bertz CT molecular complexity index is 389. The molecule has 0 saturated carbocycles. The number of carboxylic acid groups (broad SMARTS) is 1. The summed E-state index contributed by atoms with van der Waals surface area (Å²) in [5.41, 5.74) is 1.20. The van der Waals surface area contributed by atoms with E-state index in [0.717, 1.165) is 12.2 Å². The van der Waals surface area contributed by atoms with Crippen LogP contribution in [-0.2, 0) is 11.2 Å². The Balaban J connectivity index is 2.13. The minimum Gasteiger partial charge on any atom is -0.497 e. The average Bonchev–Trinajstić information content (AvgIpc) is 2.57. The highest BCUT2D eigenvalue weighted by Crippen LogP contribution is 2.39. The number of hydrogen-bond acceptors (Lipinski definition) is 3. The summed E-state index contributed by atoms with van der Waals surface area (Å²) < 4.78 is 5.13. The lowest BCUT2D eigenvalue weighted by atomic mass is 10.1. The van der Waals surface area contributed by atoms with E-state index in [1.54, 1.807) is 18.9 Å². The van der Waals surface area contributed by atoms with E-state index in [1.807, 2.05) is 18.2 Å². The summed E-state index contributed by atoms with van der Waals surface area (Å²) >= 11 is 1.65. The van der Waals surface area contributed by atoms with E-state index in [9.17, 15) is 4.79 Å². The summed E-state index contributed by atoms with van der Waals surface area (Å²) in [7, 11) is 1.64. The number of aliphatic carboxylic acids is 1. The van der Waals surface area contributed by atoms with Gasteiger partial charge in [0.1, 0.15) is 5.75 Å². The third kappa shape index (κ3) is 2.26. The number of rotatable bonds is 3. The molecule has 0 aliphatic carbocycles. The normalized spacial score (nSPS) is 18.6. The molecule has 80 valence electrons. The maximum absolute atomic E-state index is 10.6. The van der Waals surface area contributed by atoms with Gasteiger partial charge >= 0.3 is 5.97 Å². The molecule has 0 radical (unpaired) electrons. The smallest absolute Gasteiger partial charge is 0.304 e. The first-order valence-electron chi connectivity index (χ1n) is 4.74. The quantitative estimate of drug-likeness (QED) is 0.854. The second-order valence-electron chi connectivity index (χ2n) is 3.52. The van der Waals surface area contributed by atoms with Gasteiger partial charge in [-0.2, -0.15) is 0 Å². The van der Waals surface area contributed by atoms with Crippen LogP contribution in [0.15, 0.2) is 23.1 Å². The topological polar surface area (TPSA) is 46.5 Å². The van der Waals surface area contributed by atoms with E-state index in [4.69, 9.17) is 9.84 Å². The summed E-state index contributed by atoms with van der Waals surface area (Å²) in [5.74, 6) is 0.109. The van der Waals surface area contributed by atoms with Crippen molar-refractivity contribution in [1.29, 1.82) is 0 Å². The first kappa shape index (κ1) is 10.4. The zero-order valence-corrected chi connectivity index (χ0v) is 9.21. The minimum absolute atomic E-state index is 0.171. The molecule has 1 unspecified atom stereocenters. The molecule has 1 aliphatic rings. The van der Waals surface area contributed by atoms with Gasteiger partial charge in [0.25, 0.3) is 0 Å². The Hall–Kier alpha value is -1.16. The summed E-state index contributed by atoms with van der Waals surface area (Å²) in [6.45, 7) is 0. The van der Waals surface area contributed by atoms with Crippen LogP contribution in [0.1, 0.15) is 12.0 Å². The van der Waals surface area contributed by atoms with Crippen molar-refractivity contribution in [3.05, 3.63) is 23.8 Å². The largest absolute Gasteiger partial charge is 0.497 e. The lowest BCUT2D eigenvalue weighted by molar-refractivity contribution is -0.136. The monoisotopic (exact) mass is 224 g/mol. The van der Waals surface area contributed by atoms with Crippen LogP contribution >= 0.6 is 11.8 Å². The van der Waals surface area contributed by atoms with E-state index >= 15 is 0 Å².